The van der Waals surface area contributed by atoms with Gasteiger partial charge in [-0.05, 0) is 53.6 Å². The van der Waals surface area contributed by atoms with Crippen LogP contribution < -0.4 is 21.3 Å². The van der Waals surface area contributed by atoms with E-state index in [0.717, 1.165) is 11.1 Å². The van der Waals surface area contributed by atoms with Crippen molar-refractivity contribution in [1.82, 2.24) is 21.3 Å². The summed E-state index contributed by atoms with van der Waals surface area (Å²) >= 11 is 0. The summed E-state index contributed by atoms with van der Waals surface area (Å²) in [5, 5.41) is 19.8. The maximum atomic E-state index is 12.3. The first-order valence-electron chi connectivity index (χ1n) is 13.4. The number of fused-ring (bicyclic) bond motifs is 1. The molecular weight excluding hydrogens is 508 g/mol. The minimum absolute atomic E-state index is 0.226. The number of carboxylic acids is 1. The quantitative estimate of drug-likeness (QED) is 0.160. The molecule has 4 rings (SSSR count). The highest BCUT2D eigenvalue weighted by Crippen LogP contribution is 2.32. The van der Waals surface area contributed by atoms with Gasteiger partial charge in [0, 0.05) is 19.5 Å². The van der Waals surface area contributed by atoms with Crippen LogP contribution in [0.25, 0.3) is 22.3 Å². The standard InChI is InChI=1S/C25H32N4O5.C6H4/c1-2-26-25(34)27-15-7-6-10-22(30)28-17-23(31)29-21(16-24(32)33)20-13-11-19(12-14-20)18-8-4-3-5-9-18;1-2-5-4-6(5)3-1/h3-5,8-9,11-14,21H,2,6-7,10,15-17H2,1H3,(H,28,30)(H,29,31)(H,32,33)(H2,26,27,34);1-4H. The van der Waals surface area contributed by atoms with Crippen molar-refractivity contribution in [3.63, 3.8) is 0 Å². The maximum absolute atomic E-state index is 12.3. The van der Waals surface area contributed by atoms with Gasteiger partial charge in [0.25, 0.3) is 0 Å². The van der Waals surface area contributed by atoms with E-state index >= 15 is 0 Å². The average molecular weight is 545 g/mol. The predicted octanol–water partition coefficient (Wildman–Crippen LogP) is 4.26. The molecule has 0 spiro atoms. The summed E-state index contributed by atoms with van der Waals surface area (Å²) < 4.78 is 0. The van der Waals surface area contributed by atoms with Crippen LogP contribution >= 0.6 is 0 Å². The van der Waals surface area contributed by atoms with Gasteiger partial charge in [0.2, 0.25) is 11.8 Å². The van der Waals surface area contributed by atoms with E-state index in [1.54, 1.807) is 12.1 Å². The Hall–Kier alpha value is -4.66. The molecule has 0 fully saturated rings. The molecule has 9 nitrogen and oxygen atoms in total. The van der Waals surface area contributed by atoms with Gasteiger partial charge in [-0.3, -0.25) is 14.4 Å². The Bertz CT molecular complexity index is 1260. The number of benzene rings is 3. The first-order valence-corrected chi connectivity index (χ1v) is 13.4. The first kappa shape index (κ1) is 29.9. The number of aliphatic carboxylic acids is 1. The molecular formula is C31H36N4O5. The molecule has 0 saturated carbocycles. The highest BCUT2D eigenvalue weighted by atomic mass is 16.4. The molecule has 1 atom stereocenters. The van der Waals surface area contributed by atoms with Crippen molar-refractivity contribution in [2.75, 3.05) is 19.6 Å². The van der Waals surface area contributed by atoms with Crippen LogP contribution in [0, 0.1) is 0 Å². The van der Waals surface area contributed by atoms with Gasteiger partial charge in [-0.15, -0.1) is 0 Å². The van der Waals surface area contributed by atoms with Crippen molar-refractivity contribution in [3.05, 3.63) is 84.4 Å². The highest BCUT2D eigenvalue weighted by molar-refractivity contribution is 5.85. The van der Waals surface area contributed by atoms with Gasteiger partial charge >= 0.3 is 12.0 Å². The van der Waals surface area contributed by atoms with Gasteiger partial charge in [0.1, 0.15) is 0 Å². The number of hydrogen-bond acceptors (Lipinski definition) is 4. The lowest BCUT2D eigenvalue weighted by Gasteiger charge is -2.18. The fraction of sp³-hybridized carbons (Fsp3) is 0.290. The zero-order chi connectivity index (χ0) is 28.7. The second kappa shape index (κ2) is 15.7. The first-order chi connectivity index (χ1) is 19.4. The molecule has 210 valence electrons. The van der Waals surface area contributed by atoms with E-state index in [2.05, 4.69) is 45.5 Å². The molecule has 2 aromatic rings. The van der Waals surface area contributed by atoms with Crippen LogP contribution in [0.2, 0.25) is 0 Å². The van der Waals surface area contributed by atoms with Crippen molar-refractivity contribution in [1.29, 1.82) is 0 Å². The molecule has 40 heavy (non-hydrogen) atoms. The fourth-order valence-electron chi connectivity index (χ4n) is 3.99. The van der Waals surface area contributed by atoms with Crippen LogP contribution in [0.4, 0.5) is 4.79 Å². The minimum atomic E-state index is -1.04. The van der Waals surface area contributed by atoms with E-state index in [4.69, 9.17) is 0 Å². The third-order valence-electron chi connectivity index (χ3n) is 6.15. The van der Waals surface area contributed by atoms with Crippen LogP contribution in [-0.4, -0.2) is 48.6 Å². The Morgan fingerprint density at radius 1 is 0.725 bits per heavy atom. The van der Waals surface area contributed by atoms with Crippen LogP contribution in [-0.2, 0) is 14.4 Å². The highest BCUT2D eigenvalue weighted by Gasteiger charge is 2.18. The number of carboxylic acid groups (broad SMARTS) is 1. The largest absolute Gasteiger partial charge is 0.481 e. The predicted molar refractivity (Wildman–Crippen MR) is 154 cm³/mol. The van der Waals surface area contributed by atoms with Crippen LogP contribution in [0.1, 0.15) is 44.2 Å². The Morgan fingerprint density at radius 3 is 1.95 bits per heavy atom. The average Bonchev–Trinajstić information content (AvgIpc) is 3.55. The molecule has 2 aliphatic rings. The van der Waals surface area contributed by atoms with Gasteiger partial charge in [-0.2, -0.15) is 0 Å². The molecule has 4 amide bonds. The lowest BCUT2D eigenvalue weighted by molar-refractivity contribution is -0.138. The Kier molecular flexibility index (Phi) is 11.7. The summed E-state index contributed by atoms with van der Waals surface area (Å²) in [6.07, 6.45) is 1.15. The number of carbonyl (C=O) groups is 4. The number of hydrogen-bond donors (Lipinski definition) is 5. The van der Waals surface area contributed by atoms with Gasteiger partial charge in [-0.1, -0.05) is 72.8 Å². The molecule has 5 N–H and O–H groups in total. The molecule has 0 heterocycles. The number of unbranched alkanes of at least 4 members (excludes halogenated alkanes) is 1. The smallest absolute Gasteiger partial charge is 0.314 e. The van der Waals surface area contributed by atoms with Crippen molar-refractivity contribution in [2.24, 2.45) is 0 Å². The molecule has 2 aromatic carbocycles. The molecule has 0 aliphatic heterocycles. The second-order valence-corrected chi connectivity index (χ2v) is 9.31. The number of nitrogens with one attached hydrogen (secondary N) is 4. The topological polar surface area (TPSA) is 137 Å². The summed E-state index contributed by atoms with van der Waals surface area (Å²) in [5.74, 6) is -1.79. The molecule has 0 saturated heterocycles. The zero-order valence-corrected chi connectivity index (χ0v) is 22.6. The lowest BCUT2D eigenvalue weighted by atomic mass is 9.99. The molecule has 0 radical (unpaired) electrons. The van der Waals surface area contributed by atoms with E-state index < -0.39 is 17.9 Å². The van der Waals surface area contributed by atoms with Crippen molar-refractivity contribution in [3.8, 4) is 22.3 Å². The van der Waals surface area contributed by atoms with E-state index in [9.17, 15) is 24.3 Å². The van der Waals surface area contributed by atoms with Crippen LogP contribution in [0.5, 0.6) is 0 Å². The zero-order valence-electron chi connectivity index (χ0n) is 22.6. The van der Waals surface area contributed by atoms with Gasteiger partial charge in [0.15, 0.2) is 0 Å². The minimum Gasteiger partial charge on any atom is -0.481 e. The summed E-state index contributed by atoms with van der Waals surface area (Å²) in [6.45, 7) is 2.59. The van der Waals surface area contributed by atoms with Gasteiger partial charge < -0.3 is 26.4 Å². The van der Waals surface area contributed by atoms with Crippen LogP contribution in [0.3, 0.4) is 0 Å². The van der Waals surface area contributed by atoms with E-state index in [1.165, 1.54) is 11.1 Å². The summed E-state index contributed by atoms with van der Waals surface area (Å²) in [4.78, 5) is 46.9. The second-order valence-electron chi connectivity index (χ2n) is 9.31. The van der Waals surface area contributed by atoms with E-state index in [0.29, 0.717) is 31.5 Å². The third-order valence-corrected chi connectivity index (χ3v) is 6.15. The molecule has 0 aromatic heterocycles. The summed E-state index contributed by atoms with van der Waals surface area (Å²) in [5.41, 5.74) is 5.54. The normalized spacial score (nSPS) is 11.2. The third kappa shape index (κ3) is 10.6. The Balaban J connectivity index is 0.000000634. The van der Waals surface area contributed by atoms with Crippen molar-refractivity contribution >= 4 is 23.8 Å². The fourth-order valence-corrected chi connectivity index (χ4v) is 3.99. The van der Waals surface area contributed by atoms with Gasteiger partial charge in [-0.25, -0.2) is 4.79 Å². The SMILES string of the molecule is CCNC(=O)NCCCCC(=O)NCC(=O)NC(CC(=O)O)c1ccc(-c2ccccc2)cc1.c1cc2cc-2c1. The lowest BCUT2D eigenvalue weighted by Crippen LogP contribution is -2.39. The van der Waals surface area contributed by atoms with Gasteiger partial charge in [0.05, 0.1) is 19.0 Å². The molecule has 0 bridgehead atoms. The number of rotatable bonds is 13. The molecule has 9 heteroatoms. The summed E-state index contributed by atoms with van der Waals surface area (Å²) in [6, 6.07) is 24.6. The number of carbonyl (C=O) groups excluding carboxylic acids is 3. The van der Waals surface area contributed by atoms with Crippen molar-refractivity contribution in [2.45, 2.75) is 38.6 Å². The summed E-state index contributed by atoms with van der Waals surface area (Å²) in [7, 11) is 0. The Labute approximate surface area is 234 Å². The number of urea groups is 1. The maximum Gasteiger partial charge on any atom is 0.314 e. The Morgan fingerprint density at radius 2 is 1.38 bits per heavy atom. The number of amides is 4. The van der Waals surface area contributed by atoms with Crippen molar-refractivity contribution < 1.29 is 24.3 Å². The van der Waals surface area contributed by atoms with Crippen LogP contribution in [0.15, 0.2) is 78.9 Å². The van der Waals surface area contributed by atoms with E-state index in [1.807, 2.05) is 49.4 Å². The van der Waals surface area contributed by atoms with E-state index in [-0.39, 0.29) is 31.3 Å². The molecule has 2 aliphatic carbocycles. The monoisotopic (exact) mass is 544 g/mol. The molecule has 1 unspecified atom stereocenters.